The number of halogens is 1. The first-order valence-corrected chi connectivity index (χ1v) is 10.1. The zero-order valence-electron chi connectivity index (χ0n) is 15.8. The number of thiocarbonyl (C=S) groups is 1. The van der Waals surface area contributed by atoms with Crippen LogP contribution in [0.3, 0.4) is 0 Å². The van der Waals surface area contributed by atoms with E-state index in [0.29, 0.717) is 30.8 Å². The third-order valence-electron chi connectivity index (χ3n) is 3.77. The van der Waals surface area contributed by atoms with Gasteiger partial charge in [-0.05, 0) is 49.8 Å². The van der Waals surface area contributed by atoms with Crippen LogP contribution in [0.4, 0.5) is 0 Å². The summed E-state index contributed by atoms with van der Waals surface area (Å²) in [5.41, 5.74) is 1.44. The predicted molar refractivity (Wildman–Crippen MR) is 117 cm³/mol. The van der Waals surface area contributed by atoms with Crippen LogP contribution >= 0.6 is 28.1 Å². The normalized spacial score (nSPS) is 10.2. The van der Waals surface area contributed by atoms with E-state index in [2.05, 4.69) is 27.3 Å². The second-order valence-electron chi connectivity index (χ2n) is 6.38. The highest BCUT2D eigenvalue weighted by molar-refractivity contribution is 9.10. The van der Waals surface area contributed by atoms with E-state index in [-0.39, 0.29) is 17.1 Å². The molecule has 28 heavy (non-hydrogen) atoms. The minimum absolute atomic E-state index is 0.0649. The molecular weight excluding hydrogens is 438 g/mol. The lowest BCUT2D eigenvalue weighted by Crippen LogP contribution is -2.42. The van der Waals surface area contributed by atoms with Crippen molar-refractivity contribution in [1.82, 2.24) is 10.2 Å². The molecule has 0 fully saturated rings. The molecule has 0 bridgehead atoms. The quantitative estimate of drug-likeness (QED) is 0.609. The van der Waals surface area contributed by atoms with Gasteiger partial charge < -0.3 is 9.64 Å². The van der Waals surface area contributed by atoms with Gasteiger partial charge in [0.25, 0.3) is 5.91 Å². The lowest BCUT2D eigenvalue weighted by Gasteiger charge is -2.25. The number of carbonyl (C=O) groups is 1. The van der Waals surface area contributed by atoms with Gasteiger partial charge in [-0.15, -0.1) is 0 Å². The van der Waals surface area contributed by atoms with E-state index in [1.54, 1.807) is 12.1 Å². The van der Waals surface area contributed by atoms with Crippen molar-refractivity contribution in [3.63, 3.8) is 0 Å². The highest BCUT2D eigenvalue weighted by atomic mass is 79.9. The number of nitrogens with zero attached hydrogens (tertiary/aromatic N) is 2. The second kappa shape index (κ2) is 10.8. The molecule has 5 nitrogen and oxygen atoms in total. The van der Waals surface area contributed by atoms with Crippen LogP contribution in [0.15, 0.2) is 53.0 Å². The molecule has 1 N–H and O–H groups in total. The van der Waals surface area contributed by atoms with Crippen LogP contribution in [0.5, 0.6) is 5.75 Å². The van der Waals surface area contributed by atoms with Gasteiger partial charge in [-0.25, -0.2) is 0 Å². The Balaban J connectivity index is 2.17. The standard InChI is InChI=1S/C21H22BrN3O2S/c1-15(2)27-19-10-9-17(22)13-18(19)20(26)24-21(28)25(12-6-11-23)14-16-7-4-3-5-8-16/h3-5,7-10,13,15H,6,12,14H2,1-2H3,(H,24,26,28). The van der Waals surface area contributed by atoms with E-state index in [9.17, 15) is 4.79 Å². The van der Waals surface area contributed by atoms with Crippen LogP contribution in [0.1, 0.15) is 36.2 Å². The molecule has 0 saturated carbocycles. The van der Waals surface area contributed by atoms with Crippen LogP contribution < -0.4 is 10.1 Å². The number of hydrogen-bond donors (Lipinski definition) is 1. The van der Waals surface area contributed by atoms with E-state index >= 15 is 0 Å². The minimum Gasteiger partial charge on any atom is -0.490 e. The fraction of sp³-hybridized carbons (Fsp3) is 0.286. The maximum absolute atomic E-state index is 12.8. The first kappa shape index (κ1) is 21.9. The Morgan fingerprint density at radius 1 is 1.29 bits per heavy atom. The van der Waals surface area contributed by atoms with Gasteiger partial charge in [0.05, 0.1) is 24.2 Å². The van der Waals surface area contributed by atoms with Crippen molar-refractivity contribution in [2.45, 2.75) is 32.9 Å². The molecule has 146 valence electrons. The van der Waals surface area contributed by atoms with E-state index in [1.165, 1.54) is 0 Å². The van der Waals surface area contributed by atoms with Gasteiger partial charge in [-0.2, -0.15) is 5.26 Å². The van der Waals surface area contributed by atoms with Gasteiger partial charge in [-0.1, -0.05) is 46.3 Å². The van der Waals surface area contributed by atoms with Crippen molar-refractivity contribution in [3.8, 4) is 11.8 Å². The Morgan fingerprint density at radius 3 is 2.64 bits per heavy atom. The SMILES string of the molecule is CC(C)Oc1ccc(Br)cc1C(=O)NC(=S)N(CCC#N)Cc1ccccc1. The maximum Gasteiger partial charge on any atom is 0.261 e. The Morgan fingerprint density at radius 2 is 2.00 bits per heavy atom. The van der Waals surface area contributed by atoms with Crippen LogP contribution in [0, 0.1) is 11.3 Å². The largest absolute Gasteiger partial charge is 0.490 e. The predicted octanol–water partition coefficient (Wildman–Crippen LogP) is 4.67. The molecule has 2 aromatic carbocycles. The topological polar surface area (TPSA) is 65.4 Å². The van der Waals surface area contributed by atoms with Crippen molar-refractivity contribution in [2.75, 3.05) is 6.54 Å². The van der Waals surface area contributed by atoms with Crippen molar-refractivity contribution < 1.29 is 9.53 Å². The lowest BCUT2D eigenvalue weighted by molar-refractivity contribution is 0.0967. The van der Waals surface area contributed by atoms with E-state index in [0.717, 1.165) is 10.0 Å². The van der Waals surface area contributed by atoms with Crippen molar-refractivity contribution in [1.29, 1.82) is 5.26 Å². The zero-order chi connectivity index (χ0) is 20.5. The average Bonchev–Trinajstić information content (AvgIpc) is 2.66. The summed E-state index contributed by atoms with van der Waals surface area (Å²) in [7, 11) is 0. The molecule has 2 aromatic rings. The molecular formula is C21H22BrN3O2S. The molecule has 0 aromatic heterocycles. The summed E-state index contributed by atoms with van der Waals surface area (Å²) < 4.78 is 6.51. The molecule has 0 saturated heterocycles. The Kier molecular flexibility index (Phi) is 8.42. The molecule has 0 radical (unpaired) electrons. The third-order valence-corrected chi connectivity index (χ3v) is 4.62. The second-order valence-corrected chi connectivity index (χ2v) is 7.68. The Bertz CT molecular complexity index is 866. The minimum atomic E-state index is -0.350. The summed E-state index contributed by atoms with van der Waals surface area (Å²) >= 11 is 8.85. The fourth-order valence-corrected chi connectivity index (χ4v) is 3.13. The summed E-state index contributed by atoms with van der Waals surface area (Å²) in [4.78, 5) is 14.7. The summed E-state index contributed by atoms with van der Waals surface area (Å²) in [6, 6.07) is 17.2. The zero-order valence-corrected chi connectivity index (χ0v) is 18.2. The van der Waals surface area contributed by atoms with E-state index in [4.69, 9.17) is 22.2 Å². The lowest BCUT2D eigenvalue weighted by atomic mass is 10.2. The number of carbonyl (C=O) groups excluding carboxylic acids is 1. The molecule has 0 atom stereocenters. The summed E-state index contributed by atoms with van der Waals surface area (Å²) in [5.74, 6) is 0.141. The number of benzene rings is 2. The van der Waals surface area contributed by atoms with Gasteiger partial charge in [0.15, 0.2) is 5.11 Å². The van der Waals surface area contributed by atoms with Crippen molar-refractivity contribution >= 4 is 39.2 Å². The van der Waals surface area contributed by atoms with Gasteiger partial charge in [0.1, 0.15) is 5.75 Å². The molecule has 0 spiro atoms. The van der Waals surface area contributed by atoms with E-state index < -0.39 is 0 Å². The molecule has 0 aliphatic carbocycles. The number of nitriles is 1. The van der Waals surface area contributed by atoms with Crippen LogP contribution in [-0.4, -0.2) is 28.6 Å². The third kappa shape index (κ3) is 6.63. The molecule has 0 aliphatic rings. The average molecular weight is 460 g/mol. The monoisotopic (exact) mass is 459 g/mol. The van der Waals surface area contributed by atoms with Crippen LogP contribution in [0.25, 0.3) is 0 Å². The summed E-state index contributed by atoms with van der Waals surface area (Å²) in [6.07, 6.45) is 0.242. The van der Waals surface area contributed by atoms with Crippen LogP contribution in [-0.2, 0) is 6.54 Å². The van der Waals surface area contributed by atoms with Gasteiger partial charge in [0, 0.05) is 17.6 Å². The first-order valence-electron chi connectivity index (χ1n) is 8.88. The maximum atomic E-state index is 12.8. The molecule has 0 unspecified atom stereocenters. The number of nitrogens with one attached hydrogen (secondary N) is 1. The number of amides is 1. The number of rotatable bonds is 7. The summed E-state index contributed by atoms with van der Waals surface area (Å²) in [6.45, 7) is 4.74. The summed E-state index contributed by atoms with van der Waals surface area (Å²) in [5, 5.41) is 12.0. The highest BCUT2D eigenvalue weighted by Gasteiger charge is 2.18. The van der Waals surface area contributed by atoms with Gasteiger partial charge in [0.2, 0.25) is 0 Å². The van der Waals surface area contributed by atoms with Gasteiger partial charge in [-0.3, -0.25) is 10.1 Å². The fourth-order valence-electron chi connectivity index (χ4n) is 2.52. The van der Waals surface area contributed by atoms with Crippen molar-refractivity contribution in [3.05, 3.63) is 64.1 Å². The molecule has 7 heteroatoms. The number of hydrogen-bond acceptors (Lipinski definition) is 4. The number of ether oxygens (including phenoxy) is 1. The smallest absolute Gasteiger partial charge is 0.261 e. The van der Waals surface area contributed by atoms with Crippen LogP contribution in [0.2, 0.25) is 0 Å². The first-order chi connectivity index (χ1) is 13.4. The van der Waals surface area contributed by atoms with Crippen molar-refractivity contribution in [2.24, 2.45) is 0 Å². The van der Waals surface area contributed by atoms with Gasteiger partial charge >= 0.3 is 0 Å². The molecule has 0 aliphatic heterocycles. The molecule has 1 amide bonds. The van der Waals surface area contributed by atoms with E-state index in [1.807, 2.05) is 55.1 Å². The highest BCUT2D eigenvalue weighted by Crippen LogP contribution is 2.24. The Labute approximate surface area is 179 Å². The molecule has 2 rings (SSSR count). The Hall–Kier alpha value is -2.43. The molecule has 0 heterocycles.